The van der Waals surface area contributed by atoms with Crippen LogP contribution in [-0.4, -0.2) is 22.2 Å². The van der Waals surface area contributed by atoms with Crippen molar-refractivity contribution >= 4 is 11.9 Å². The third-order valence-electron chi connectivity index (χ3n) is 3.87. The zero-order valence-corrected chi connectivity index (χ0v) is 14.4. The maximum atomic E-state index is 11.4. The topological polar surface area (TPSA) is 74.6 Å². The van der Waals surface area contributed by atoms with Crippen LogP contribution in [0.15, 0.2) is 11.1 Å². The molecule has 0 aromatic carbocycles. The van der Waals surface area contributed by atoms with Gasteiger partial charge in [-0.1, -0.05) is 59.3 Å². The minimum atomic E-state index is -1.08. The molecule has 0 aliphatic rings. The Bertz CT molecular complexity index is 369. The van der Waals surface area contributed by atoms with Gasteiger partial charge in [0.2, 0.25) is 0 Å². The van der Waals surface area contributed by atoms with Gasteiger partial charge in [-0.05, 0) is 31.6 Å². The Hall–Kier alpha value is -1.32. The first-order valence-electron chi connectivity index (χ1n) is 8.58. The number of hydrogen-bond acceptors (Lipinski definition) is 2. The maximum absolute atomic E-state index is 11.4. The largest absolute Gasteiger partial charge is 0.478 e. The summed E-state index contributed by atoms with van der Waals surface area (Å²) in [6.07, 6.45) is 8.54. The highest BCUT2D eigenvalue weighted by atomic mass is 16.4. The van der Waals surface area contributed by atoms with Gasteiger partial charge in [0, 0.05) is 11.1 Å². The third kappa shape index (κ3) is 9.59. The highest BCUT2D eigenvalue weighted by Crippen LogP contribution is 2.20. The molecule has 0 aromatic rings. The van der Waals surface area contributed by atoms with Gasteiger partial charge in [0.1, 0.15) is 0 Å². The molecule has 0 heterocycles. The molecule has 0 amide bonds. The van der Waals surface area contributed by atoms with Gasteiger partial charge in [-0.25, -0.2) is 9.59 Å². The van der Waals surface area contributed by atoms with Crippen LogP contribution < -0.4 is 0 Å². The molecule has 0 aliphatic heterocycles. The molecule has 0 saturated heterocycles. The average molecular weight is 312 g/mol. The van der Waals surface area contributed by atoms with Crippen LogP contribution in [0.2, 0.25) is 0 Å². The SMILES string of the molecule is CCCCCC(C(=O)O)=C(CCCCCCC(C)C)C(=O)O. The number of hydrogen-bond donors (Lipinski definition) is 2. The van der Waals surface area contributed by atoms with E-state index in [2.05, 4.69) is 13.8 Å². The molecule has 0 aliphatic carbocycles. The molecule has 2 N–H and O–H groups in total. The molecule has 0 fully saturated rings. The van der Waals surface area contributed by atoms with E-state index in [0.29, 0.717) is 18.8 Å². The highest BCUT2D eigenvalue weighted by Gasteiger charge is 2.19. The fourth-order valence-corrected chi connectivity index (χ4v) is 2.53. The summed E-state index contributed by atoms with van der Waals surface area (Å²) in [6.45, 7) is 6.43. The van der Waals surface area contributed by atoms with E-state index in [-0.39, 0.29) is 11.1 Å². The van der Waals surface area contributed by atoms with Gasteiger partial charge >= 0.3 is 11.9 Å². The Labute approximate surface area is 134 Å². The molecule has 0 spiro atoms. The van der Waals surface area contributed by atoms with Crippen LogP contribution in [0.25, 0.3) is 0 Å². The van der Waals surface area contributed by atoms with Crippen molar-refractivity contribution in [2.75, 3.05) is 0 Å². The van der Waals surface area contributed by atoms with Gasteiger partial charge in [-0.2, -0.15) is 0 Å². The molecule has 22 heavy (non-hydrogen) atoms. The first-order chi connectivity index (χ1) is 10.4. The fourth-order valence-electron chi connectivity index (χ4n) is 2.53. The van der Waals surface area contributed by atoms with E-state index < -0.39 is 11.9 Å². The van der Waals surface area contributed by atoms with Gasteiger partial charge < -0.3 is 10.2 Å². The second-order valence-electron chi connectivity index (χ2n) is 6.37. The molecule has 0 saturated carbocycles. The first-order valence-corrected chi connectivity index (χ1v) is 8.58. The lowest BCUT2D eigenvalue weighted by Gasteiger charge is -2.09. The lowest BCUT2D eigenvalue weighted by molar-refractivity contribution is -0.136. The summed E-state index contributed by atoms with van der Waals surface area (Å²) in [6, 6.07) is 0. The van der Waals surface area contributed by atoms with E-state index >= 15 is 0 Å². The van der Waals surface area contributed by atoms with Crippen LogP contribution in [0.3, 0.4) is 0 Å². The van der Waals surface area contributed by atoms with Crippen molar-refractivity contribution < 1.29 is 19.8 Å². The van der Waals surface area contributed by atoms with Crippen molar-refractivity contribution in [1.82, 2.24) is 0 Å². The summed E-state index contributed by atoms with van der Waals surface area (Å²) in [7, 11) is 0. The third-order valence-corrected chi connectivity index (χ3v) is 3.87. The monoisotopic (exact) mass is 312 g/mol. The highest BCUT2D eigenvalue weighted by molar-refractivity contribution is 5.98. The zero-order valence-electron chi connectivity index (χ0n) is 14.4. The molecule has 0 atom stereocenters. The Balaban J connectivity index is 4.48. The van der Waals surface area contributed by atoms with Crippen molar-refractivity contribution in [3.05, 3.63) is 11.1 Å². The van der Waals surface area contributed by atoms with Crippen LogP contribution in [-0.2, 0) is 9.59 Å². The standard InChI is InChI=1S/C18H32O4/c1-4-5-8-12-15(17(19)20)16(18(21)22)13-10-7-6-9-11-14(2)3/h14H,4-13H2,1-3H3,(H,19,20)(H,21,22). The molecular formula is C18H32O4. The Morgan fingerprint density at radius 3 is 1.64 bits per heavy atom. The van der Waals surface area contributed by atoms with Crippen LogP contribution in [0, 0.1) is 5.92 Å². The van der Waals surface area contributed by atoms with E-state index in [1.54, 1.807) is 0 Å². The lowest BCUT2D eigenvalue weighted by Crippen LogP contribution is -2.12. The van der Waals surface area contributed by atoms with Crippen LogP contribution >= 0.6 is 0 Å². The Morgan fingerprint density at radius 2 is 1.23 bits per heavy atom. The van der Waals surface area contributed by atoms with Crippen molar-refractivity contribution in [1.29, 1.82) is 0 Å². The second kappa shape index (κ2) is 12.2. The maximum Gasteiger partial charge on any atom is 0.332 e. The van der Waals surface area contributed by atoms with E-state index in [1.165, 1.54) is 6.42 Å². The molecule has 4 nitrogen and oxygen atoms in total. The summed E-state index contributed by atoms with van der Waals surface area (Å²) in [5.41, 5.74) is 0.204. The van der Waals surface area contributed by atoms with E-state index in [0.717, 1.165) is 44.9 Å². The summed E-state index contributed by atoms with van der Waals surface area (Å²) in [4.78, 5) is 22.7. The van der Waals surface area contributed by atoms with Gasteiger partial charge in [0.15, 0.2) is 0 Å². The lowest BCUT2D eigenvalue weighted by atomic mass is 9.96. The number of carbonyl (C=O) groups is 2. The van der Waals surface area contributed by atoms with Crippen LogP contribution in [0.5, 0.6) is 0 Å². The number of carboxylic acid groups (broad SMARTS) is 2. The van der Waals surface area contributed by atoms with Crippen LogP contribution in [0.4, 0.5) is 0 Å². The summed E-state index contributed by atoms with van der Waals surface area (Å²) in [5, 5.41) is 18.6. The van der Waals surface area contributed by atoms with E-state index in [9.17, 15) is 19.8 Å². The average Bonchev–Trinajstić information content (AvgIpc) is 2.43. The minimum absolute atomic E-state index is 0.100. The number of rotatable bonds is 13. The van der Waals surface area contributed by atoms with Crippen molar-refractivity contribution in [2.45, 2.75) is 85.0 Å². The van der Waals surface area contributed by atoms with E-state index in [1.807, 2.05) is 6.92 Å². The van der Waals surface area contributed by atoms with Gasteiger partial charge in [-0.3, -0.25) is 0 Å². The van der Waals surface area contributed by atoms with Crippen LogP contribution in [0.1, 0.15) is 85.0 Å². The fraction of sp³-hybridized carbons (Fsp3) is 0.778. The Morgan fingerprint density at radius 1 is 0.773 bits per heavy atom. The molecule has 0 rings (SSSR count). The second-order valence-corrected chi connectivity index (χ2v) is 6.37. The molecule has 0 bridgehead atoms. The summed E-state index contributed by atoms with van der Waals surface area (Å²) < 4.78 is 0. The molecule has 0 radical (unpaired) electrons. The van der Waals surface area contributed by atoms with Crippen molar-refractivity contribution in [3.63, 3.8) is 0 Å². The number of aliphatic carboxylic acids is 2. The first kappa shape index (κ1) is 20.7. The molecule has 0 aromatic heterocycles. The summed E-state index contributed by atoms with van der Waals surface area (Å²) >= 11 is 0. The van der Waals surface area contributed by atoms with Gasteiger partial charge in [0.25, 0.3) is 0 Å². The molecule has 128 valence electrons. The number of carboxylic acids is 2. The summed E-state index contributed by atoms with van der Waals surface area (Å²) in [5.74, 6) is -1.45. The van der Waals surface area contributed by atoms with Gasteiger partial charge in [-0.15, -0.1) is 0 Å². The Kier molecular flexibility index (Phi) is 11.5. The molecule has 4 heteroatoms. The van der Waals surface area contributed by atoms with Crippen molar-refractivity contribution in [3.8, 4) is 0 Å². The van der Waals surface area contributed by atoms with Crippen molar-refractivity contribution in [2.24, 2.45) is 5.92 Å². The molecular weight excluding hydrogens is 280 g/mol. The molecule has 0 unspecified atom stereocenters. The predicted octanol–water partition coefficient (Wildman–Crippen LogP) is 5.03. The van der Waals surface area contributed by atoms with E-state index in [4.69, 9.17) is 0 Å². The number of unbranched alkanes of at least 4 members (excludes halogenated alkanes) is 5. The predicted molar refractivity (Wildman–Crippen MR) is 89.0 cm³/mol. The smallest absolute Gasteiger partial charge is 0.332 e. The zero-order chi connectivity index (χ0) is 17.0. The normalized spacial score (nSPS) is 12.4. The minimum Gasteiger partial charge on any atom is -0.478 e. The van der Waals surface area contributed by atoms with Gasteiger partial charge in [0.05, 0.1) is 0 Å². The quantitative estimate of drug-likeness (QED) is 0.369.